The number of aliphatic hydroxyl groups excluding tert-OH is 1. The first-order valence-electron chi connectivity index (χ1n) is 6.57. The molecule has 0 aliphatic carbocycles. The fourth-order valence-corrected chi connectivity index (χ4v) is 3.66. The highest BCUT2D eigenvalue weighted by molar-refractivity contribution is 7.47. The van der Waals surface area contributed by atoms with E-state index in [2.05, 4.69) is 19.5 Å². The molecule has 23 heavy (non-hydrogen) atoms. The average Bonchev–Trinajstić information content (AvgIpc) is 3.00. The van der Waals surface area contributed by atoms with Crippen molar-refractivity contribution in [2.24, 2.45) is 0 Å². The number of anilines is 1. The Labute approximate surface area is 127 Å². The van der Waals surface area contributed by atoms with Gasteiger partial charge in [0.15, 0.2) is 17.4 Å². The predicted molar refractivity (Wildman–Crippen MR) is 73.1 cm³/mol. The highest BCUT2D eigenvalue weighted by Gasteiger charge is 2.52. The topological polar surface area (TPSA) is 175 Å². The van der Waals surface area contributed by atoms with Crippen molar-refractivity contribution in [2.45, 2.75) is 24.5 Å². The molecule has 2 unspecified atom stereocenters. The Kier molecular flexibility index (Phi) is 3.10. The van der Waals surface area contributed by atoms with E-state index in [0.29, 0.717) is 0 Å². The molecule has 0 amide bonds. The van der Waals surface area contributed by atoms with Gasteiger partial charge in [0.2, 0.25) is 5.95 Å². The van der Waals surface area contributed by atoms with Crippen LogP contribution in [-0.2, 0) is 18.3 Å². The molecule has 4 rings (SSSR count). The van der Waals surface area contributed by atoms with Gasteiger partial charge in [-0.25, -0.2) is 9.55 Å². The second-order valence-electron chi connectivity index (χ2n) is 5.17. The van der Waals surface area contributed by atoms with Crippen LogP contribution in [0.15, 0.2) is 11.1 Å². The van der Waals surface area contributed by atoms with E-state index in [1.165, 1.54) is 10.9 Å². The van der Waals surface area contributed by atoms with E-state index < -0.39 is 37.9 Å². The molecule has 0 bridgehead atoms. The first-order valence-corrected chi connectivity index (χ1v) is 8.07. The third-order valence-electron chi connectivity index (χ3n) is 3.69. The average molecular weight is 345 g/mol. The van der Waals surface area contributed by atoms with Crippen LogP contribution < -0.4 is 11.3 Å². The van der Waals surface area contributed by atoms with Gasteiger partial charge in [-0.3, -0.25) is 23.4 Å². The third kappa shape index (κ3) is 2.27. The Bertz CT molecular complexity index is 880. The van der Waals surface area contributed by atoms with E-state index in [9.17, 15) is 19.4 Å². The number of imidazole rings is 1. The van der Waals surface area contributed by atoms with E-state index in [0.717, 1.165) is 0 Å². The van der Waals surface area contributed by atoms with Gasteiger partial charge >= 0.3 is 7.82 Å². The number of nitrogens with zero attached hydrogens (tertiary/aromatic N) is 3. The molecule has 0 saturated carbocycles. The molecule has 0 aromatic carbocycles. The first kappa shape index (κ1) is 14.8. The Morgan fingerprint density at radius 1 is 1.52 bits per heavy atom. The van der Waals surface area contributed by atoms with Crippen molar-refractivity contribution in [3.63, 3.8) is 0 Å². The molecule has 0 spiro atoms. The standard InChI is InChI=1S/C10H12N5O7P/c11-10-13-7-4(8(17)14-10)12-2-15(7)9-5(16)6-3(21-9)1-20-23(18,19)22-6/h2-3,5-6,9,16H,1H2,(H,18,19)(H3,11,13,14,17)/t3-,5+,6+,9?/m1/s1. The van der Waals surface area contributed by atoms with Crippen LogP contribution in [0.5, 0.6) is 0 Å². The summed E-state index contributed by atoms with van der Waals surface area (Å²) in [6, 6.07) is 0. The summed E-state index contributed by atoms with van der Waals surface area (Å²) in [5, 5.41) is 10.4. The van der Waals surface area contributed by atoms with Crippen molar-refractivity contribution >= 4 is 24.9 Å². The molecular weight excluding hydrogens is 333 g/mol. The molecule has 2 aliphatic heterocycles. The number of nitrogen functional groups attached to an aromatic ring is 1. The molecule has 2 fully saturated rings. The van der Waals surface area contributed by atoms with E-state index in [1.54, 1.807) is 0 Å². The summed E-state index contributed by atoms with van der Waals surface area (Å²) < 4.78 is 27.9. The highest BCUT2D eigenvalue weighted by atomic mass is 31.2. The molecule has 2 aromatic heterocycles. The van der Waals surface area contributed by atoms with Crippen molar-refractivity contribution in [1.29, 1.82) is 0 Å². The third-order valence-corrected chi connectivity index (χ3v) is 4.68. The number of nitrogens with one attached hydrogen (secondary N) is 1. The van der Waals surface area contributed by atoms with Crippen molar-refractivity contribution in [3.8, 4) is 0 Å². The molecule has 12 nitrogen and oxygen atoms in total. The number of H-pyrrole nitrogens is 1. The van der Waals surface area contributed by atoms with Crippen LogP contribution in [0.4, 0.5) is 5.95 Å². The fraction of sp³-hybridized carbons (Fsp3) is 0.500. The minimum Gasteiger partial charge on any atom is -0.386 e. The van der Waals surface area contributed by atoms with Gasteiger partial charge in [-0.15, -0.1) is 0 Å². The minimum atomic E-state index is -4.22. The molecule has 2 aliphatic rings. The Morgan fingerprint density at radius 3 is 3.09 bits per heavy atom. The number of aliphatic hydroxyl groups is 1. The zero-order valence-corrected chi connectivity index (χ0v) is 12.3. The molecule has 5 atom stereocenters. The maximum atomic E-state index is 11.8. The number of fused-ring (bicyclic) bond motifs is 2. The molecule has 5 N–H and O–H groups in total. The quantitative estimate of drug-likeness (QED) is 0.444. The molecule has 4 heterocycles. The lowest BCUT2D eigenvalue weighted by molar-refractivity contribution is -0.0664. The Hall–Kier alpha value is -1.82. The van der Waals surface area contributed by atoms with Crippen LogP contribution in [0.25, 0.3) is 11.2 Å². The smallest absolute Gasteiger partial charge is 0.386 e. The molecule has 13 heteroatoms. The predicted octanol–water partition coefficient (Wildman–Crippen LogP) is -1.52. The minimum absolute atomic E-state index is 0.0230. The lowest BCUT2D eigenvalue weighted by Crippen LogP contribution is -2.39. The van der Waals surface area contributed by atoms with E-state index >= 15 is 0 Å². The zero-order chi connectivity index (χ0) is 16.4. The summed E-state index contributed by atoms with van der Waals surface area (Å²) in [5.41, 5.74) is 5.12. The van der Waals surface area contributed by atoms with E-state index in [1.807, 2.05) is 0 Å². The van der Waals surface area contributed by atoms with Gasteiger partial charge in [0.25, 0.3) is 5.56 Å². The van der Waals surface area contributed by atoms with Crippen molar-refractivity contribution < 1.29 is 28.3 Å². The van der Waals surface area contributed by atoms with Crippen LogP contribution in [0, 0.1) is 0 Å². The number of nitrogens with two attached hydrogens (primary N) is 1. The van der Waals surface area contributed by atoms with Crippen LogP contribution in [-0.4, -0.2) is 54.4 Å². The summed E-state index contributed by atoms with van der Waals surface area (Å²) in [4.78, 5) is 31.3. The number of rotatable bonds is 1. The largest absolute Gasteiger partial charge is 0.472 e. The molecular formula is C10H12N5O7P. The molecule has 2 aromatic rings. The zero-order valence-electron chi connectivity index (χ0n) is 11.4. The van der Waals surface area contributed by atoms with Crippen molar-refractivity contribution in [2.75, 3.05) is 12.3 Å². The molecule has 124 valence electrons. The SMILES string of the molecule is Nc1nc2c(ncn2C2O[C@@H]3COP(=O)(O)O[C@@H]3[C@@H]2O)c(=O)[nH]1. The van der Waals surface area contributed by atoms with E-state index in [4.69, 9.17) is 15.0 Å². The van der Waals surface area contributed by atoms with Crippen molar-refractivity contribution in [1.82, 2.24) is 19.5 Å². The molecule has 2 saturated heterocycles. The van der Waals surface area contributed by atoms with Crippen LogP contribution >= 0.6 is 7.82 Å². The van der Waals surface area contributed by atoms with Crippen LogP contribution in [0.2, 0.25) is 0 Å². The fourth-order valence-electron chi connectivity index (χ4n) is 2.69. The van der Waals surface area contributed by atoms with Gasteiger partial charge in [0.05, 0.1) is 12.9 Å². The number of hydrogen-bond donors (Lipinski definition) is 4. The van der Waals surface area contributed by atoms with Gasteiger partial charge in [0.1, 0.15) is 18.3 Å². The number of phosphoric ester groups is 1. The number of ether oxygens (including phenoxy) is 1. The summed E-state index contributed by atoms with van der Waals surface area (Å²) >= 11 is 0. The van der Waals surface area contributed by atoms with Gasteiger partial charge in [0, 0.05) is 0 Å². The second-order valence-corrected chi connectivity index (χ2v) is 6.57. The number of aromatic amines is 1. The lowest BCUT2D eigenvalue weighted by Gasteiger charge is -2.27. The highest BCUT2D eigenvalue weighted by Crippen LogP contribution is 2.52. The maximum absolute atomic E-state index is 11.8. The summed E-state index contributed by atoms with van der Waals surface area (Å²) in [7, 11) is -4.22. The monoisotopic (exact) mass is 345 g/mol. The maximum Gasteiger partial charge on any atom is 0.472 e. The van der Waals surface area contributed by atoms with Gasteiger partial charge < -0.3 is 20.5 Å². The summed E-state index contributed by atoms with van der Waals surface area (Å²) in [5.74, 6) is -0.117. The van der Waals surface area contributed by atoms with Gasteiger partial charge in [-0.1, -0.05) is 0 Å². The van der Waals surface area contributed by atoms with Crippen LogP contribution in [0.1, 0.15) is 6.23 Å². The lowest BCUT2D eigenvalue weighted by atomic mass is 10.1. The van der Waals surface area contributed by atoms with E-state index in [-0.39, 0.29) is 23.7 Å². The normalized spacial score (nSPS) is 37.1. The molecule has 0 radical (unpaired) electrons. The summed E-state index contributed by atoms with van der Waals surface area (Å²) in [6.45, 7) is -0.214. The van der Waals surface area contributed by atoms with Gasteiger partial charge in [-0.2, -0.15) is 4.98 Å². The second kappa shape index (κ2) is 4.84. The van der Waals surface area contributed by atoms with Crippen LogP contribution in [0.3, 0.4) is 0 Å². The summed E-state index contributed by atoms with van der Waals surface area (Å²) in [6.07, 6.45) is -2.85. The number of aromatic nitrogens is 4. The number of hydrogen-bond acceptors (Lipinski definition) is 9. The van der Waals surface area contributed by atoms with Gasteiger partial charge in [-0.05, 0) is 0 Å². The Balaban J connectivity index is 1.75. The first-order chi connectivity index (χ1) is 10.9. The Morgan fingerprint density at radius 2 is 2.30 bits per heavy atom. The van der Waals surface area contributed by atoms with Crippen molar-refractivity contribution in [3.05, 3.63) is 16.7 Å². The number of phosphoric acid groups is 1.